The van der Waals surface area contributed by atoms with Crippen LogP contribution in [0.25, 0.3) is 6.08 Å². The standard InChI is InChI=1S/C20H20N4O5/c1-13(25)21-19(11-15-6-4-9-18(10-15)24(28)29)20(27)22-16-7-5-8-17(12-16)23(3)14(2)26/h4-12H,1-3H3,(H,21,25)(H,22,27)/b19-11-. The van der Waals surface area contributed by atoms with Crippen molar-refractivity contribution in [3.63, 3.8) is 0 Å². The molecule has 2 N–H and O–H groups in total. The van der Waals surface area contributed by atoms with E-state index >= 15 is 0 Å². The molecule has 9 heteroatoms. The number of nitrogens with one attached hydrogen (secondary N) is 2. The molecule has 0 fully saturated rings. The lowest BCUT2D eigenvalue weighted by Gasteiger charge is -2.16. The van der Waals surface area contributed by atoms with Crippen molar-refractivity contribution in [3.8, 4) is 0 Å². The predicted molar refractivity (Wildman–Crippen MR) is 109 cm³/mol. The molecule has 0 aromatic heterocycles. The Morgan fingerprint density at radius 2 is 1.76 bits per heavy atom. The number of nitro benzene ring substituents is 1. The molecule has 2 aromatic carbocycles. The second kappa shape index (κ2) is 9.27. The van der Waals surface area contributed by atoms with Gasteiger partial charge in [0.25, 0.3) is 11.6 Å². The van der Waals surface area contributed by atoms with E-state index in [2.05, 4.69) is 10.6 Å². The Kier molecular flexibility index (Phi) is 6.80. The lowest BCUT2D eigenvalue weighted by atomic mass is 10.1. The lowest BCUT2D eigenvalue weighted by Crippen LogP contribution is -2.29. The van der Waals surface area contributed by atoms with Gasteiger partial charge in [0.1, 0.15) is 5.70 Å². The molecule has 29 heavy (non-hydrogen) atoms. The van der Waals surface area contributed by atoms with Gasteiger partial charge in [-0.15, -0.1) is 0 Å². The van der Waals surface area contributed by atoms with Crippen LogP contribution in [0.2, 0.25) is 0 Å². The summed E-state index contributed by atoms with van der Waals surface area (Å²) in [5.41, 5.74) is 1.16. The van der Waals surface area contributed by atoms with Gasteiger partial charge >= 0.3 is 0 Å². The minimum absolute atomic E-state index is 0.0803. The van der Waals surface area contributed by atoms with Gasteiger partial charge in [-0.25, -0.2) is 0 Å². The number of nitro groups is 1. The summed E-state index contributed by atoms with van der Waals surface area (Å²) in [6.45, 7) is 2.67. The maximum atomic E-state index is 12.7. The van der Waals surface area contributed by atoms with Crippen molar-refractivity contribution >= 4 is 40.9 Å². The molecular formula is C20H20N4O5. The molecule has 0 saturated heterocycles. The molecule has 0 saturated carbocycles. The number of nitrogens with zero attached hydrogens (tertiary/aromatic N) is 2. The summed E-state index contributed by atoms with van der Waals surface area (Å²) in [5, 5.41) is 16.0. The van der Waals surface area contributed by atoms with Crippen LogP contribution in [0.1, 0.15) is 19.4 Å². The summed E-state index contributed by atoms with van der Waals surface area (Å²) >= 11 is 0. The van der Waals surface area contributed by atoms with E-state index in [1.807, 2.05) is 0 Å². The maximum Gasteiger partial charge on any atom is 0.272 e. The minimum atomic E-state index is -0.616. The fourth-order valence-corrected chi connectivity index (χ4v) is 2.42. The molecule has 0 heterocycles. The van der Waals surface area contributed by atoms with Crippen molar-refractivity contribution in [2.75, 3.05) is 17.3 Å². The molecule has 2 aromatic rings. The van der Waals surface area contributed by atoms with Crippen molar-refractivity contribution < 1.29 is 19.3 Å². The number of carbonyl (C=O) groups is 3. The summed E-state index contributed by atoms with van der Waals surface area (Å²) in [7, 11) is 1.61. The van der Waals surface area contributed by atoms with Crippen molar-refractivity contribution in [1.82, 2.24) is 5.32 Å². The highest BCUT2D eigenvalue weighted by molar-refractivity contribution is 6.08. The number of carbonyl (C=O) groups excluding carboxylic acids is 3. The van der Waals surface area contributed by atoms with E-state index in [4.69, 9.17) is 0 Å². The van der Waals surface area contributed by atoms with E-state index in [0.29, 0.717) is 16.9 Å². The fraction of sp³-hybridized carbons (Fsp3) is 0.150. The first-order chi connectivity index (χ1) is 13.7. The Morgan fingerprint density at radius 3 is 2.38 bits per heavy atom. The van der Waals surface area contributed by atoms with Crippen molar-refractivity contribution in [2.24, 2.45) is 0 Å². The molecule has 3 amide bonds. The SMILES string of the molecule is CC(=O)N/C(=C\c1cccc([N+](=O)[O-])c1)C(=O)Nc1cccc(N(C)C(C)=O)c1. The molecule has 0 bridgehead atoms. The van der Waals surface area contributed by atoms with E-state index < -0.39 is 16.7 Å². The Bertz CT molecular complexity index is 1000. The van der Waals surface area contributed by atoms with Gasteiger partial charge in [0.15, 0.2) is 0 Å². The molecule has 0 aliphatic rings. The first-order valence-electron chi connectivity index (χ1n) is 8.57. The molecule has 0 unspecified atom stereocenters. The van der Waals surface area contributed by atoms with Gasteiger partial charge in [0, 0.05) is 44.4 Å². The third kappa shape index (κ3) is 5.99. The van der Waals surface area contributed by atoms with E-state index in [-0.39, 0.29) is 17.3 Å². The van der Waals surface area contributed by atoms with Crippen LogP contribution in [0.5, 0.6) is 0 Å². The normalized spacial score (nSPS) is 10.8. The van der Waals surface area contributed by atoms with Gasteiger partial charge in [-0.05, 0) is 29.8 Å². The Hall–Kier alpha value is -4.01. The minimum Gasteiger partial charge on any atom is -0.322 e. The van der Waals surface area contributed by atoms with E-state index in [9.17, 15) is 24.5 Å². The maximum absolute atomic E-state index is 12.7. The molecule has 0 radical (unpaired) electrons. The van der Waals surface area contributed by atoms with Crippen molar-refractivity contribution in [3.05, 3.63) is 69.9 Å². The molecule has 0 spiro atoms. The first kappa shape index (κ1) is 21.3. The van der Waals surface area contributed by atoms with Gasteiger partial charge in [-0.2, -0.15) is 0 Å². The monoisotopic (exact) mass is 396 g/mol. The van der Waals surface area contributed by atoms with Crippen molar-refractivity contribution in [2.45, 2.75) is 13.8 Å². The fourth-order valence-electron chi connectivity index (χ4n) is 2.42. The largest absolute Gasteiger partial charge is 0.322 e. The van der Waals surface area contributed by atoms with Crippen LogP contribution in [0.15, 0.2) is 54.2 Å². The van der Waals surface area contributed by atoms with Gasteiger partial charge in [-0.3, -0.25) is 24.5 Å². The van der Waals surface area contributed by atoms with Crippen LogP contribution in [-0.4, -0.2) is 29.7 Å². The number of rotatable bonds is 6. The molecule has 0 aliphatic heterocycles. The third-order valence-electron chi connectivity index (χ3n) is 3.91. The van der Waals surface area contributed by atoms with Crippen LogP contribution in [0.4, 0.5) is 17.1 Å². The van der Waals surface area contributed by atoms with Gasteiger partial charge in [0.2, 0.25) is 11.8 Å². The molecule has 0 atom stereocenters. The second-order valence-corrected chi connectivity index (χ2v) is 6.17. The average molecular weight is 396 g/mol. The topological polar surface area (TPSA) is 122 Å². The highest BCUT2D eigenvalue weighted by Gasteiger charge is 2.14. The number of non-ortho nitro benzene ring substituents is 1. The van der Waals surface area contributed by atoms with Crippen LogP contribution >= 0.6 is 0 Å². The summed E-state index contributed by atoms with van der Waals surface area (Å²) in [4.78, 5) is 47.5. The quantitative estimate of drug-likeness (QED) is 0.442. The number of amides is 3. The highest BCUT2D eigenvalue weighted by atomic mass is 16.6. The van der Waals surface area contributed by atoms with Crippen LogP contribution < -0.4 is 15.5 Å². The van der Waals surface area contributed by atoms with Gasteiger partial charge in [0.05, 0.1) is 4.92 Å². The Morgan fingerprint density at radius 1 is 1.07 bits per heavy atom. The number of hydrogen-bond donors (Lipinski definition) is 2. The van der Waals surface area contributed by atoms with Crippen LogP contribution in [0.3, 0.4) is 0 Å². The zero-order valence-corrected chi connectivity index (χ0v) is 16.1. The lowest BCUT2D eigenvalue weighted by molar-refractivity contribution is -0.384. The summed E-state index contributed by atoms with van der Waals surface area (Å²) in [6, 6.07) is 12.3. The second-order valence-electron chi connectivity index (χ2n) is 6.17. The molecule has 9 nitrogen and oxygen atoms in total. The summed E-state index contributed by atoms with van der Waals surface area (Å²) < 4.78 is 0. The average Bonchev–Trinajstić information content (AvgIpc) is 2.66. The smallest absolute Gasteiger partial charge is 0.272 e. The zero-order chi connectivity index (χ0) is 21.6. The van der Waals surface area contributed by atoms with E-state index in [1.54, 1.807) is 37.4 Å². The number of benzene rings is 2. The summed E-state index contributed by atoms with van der Waals surface area (Å²) in [5.74, 6) is -1.26. The van der Waals surface area contributed by atoms with Crippen LogP contribution in [0, 0.1) is 10.1 Å². The third-order valence-corrected chi connectivity index (χ3v) is 3.91. The molecular weight excluding hydrogens is 376 g/mol. The van der Waals surface area contributed by atoms with Crippen LogP contribution in [-0.2, 0) is 14.4 Å². The zero-order valence-electron chi connectivity index (χ0n) is 16.1. The van der Waals surface area contributed by atoms with E-state index in [0.717, 1.165) is 0 Å². The molecule has 2 rings (SSSR count). The number of hydrogen-bond acceptors (Lipinski definition) is 5. The van der Waals surface area contributed by atoms with E-state index in [1.165, 1.54) is 43.0 Å². The first-order valence-corrected chi connectivity index (χ1v) is 8.57. The Balaban J connectivity index is 2.31. The van der Waals surface area contributed by atoms with Crippen molar-refractivity contribution in [1.29, 1.82) is 0 Å². The molecule has 150 valence electrons. The Labute approximate surface area is 167 Å². The van der Waals surface area contributed by atoms with Gasteiger partial charge < -0.3 is 15.5 Å². The highest BCUT2D eigenvalue weighted by Crippen LogP contribution is 2.20. The number of anilines is 2. The molecule has 0 aliphatic carbocycles. The van der Waals surface area contributed by atoms with Gasteiger partial charge in [-0.1, -0.05) is 18.2 Å². The summed E-state index contributed by atoms with van der Waals surface area (Å²) in [6.07, 6.45) is 1.34. The predicted octanol–water partition coefficient (Wildman–Crippen LogP) is 2.69.